The summed E-state index contributed by atoms with van der Waals surface area (Å²) in [6.07, 6.45) is 3.74. The molecule has 1 saturated heterocycles. The van der Waals surface area contributed by atoms with Gasteiger partial charge in [-0.25, -0.2) is 8.42 Å². The zero-order chi connectivity index (χ0) is 17.2. The standard InChI is InChI=1S/C18H21ClN2O2S/c19-15-7-5-14(6-8-15)18-4-2-1-3-13-21(18)24(22,23)17-11-9-16(20)10-12-17/h5-12,18H,1-4,13,20H2. The molecule has 1 atom stereocenters. The number of halogens is 1. The number of anilines is 1. The van der Waals surface area contributed by atoms with Crippen molar-refractivity contribution in [2.75, 3.05) is 12.3 Å². The van der Waals surface area contributed by atoms with E-state index in [0.717, 1.165) is 31.2 Å². The Morgan fingerprint density at radius 1 is 0.958 bits per heavy atom. The van der Waals surface area contributed by atoms with E-state index in [0.29, 0.717) is 17.3 Å². The monoisotopic (exact) mass is 364 g/mol. The number of sulfonamides is 1. The Bertz CT molecular complexity index is 789. The van der Waals surface area contributed by atoms with E-state index in [-0.39, 0.29) is 10.9 Å². The molecule has 0 aliphatic carbocycles. The van der Waals surface area contributed by atoms with Crippen LogP contribution in [0.25, 0.3) is 0 Å². The Morgan fingerprint density at radius 2 is 1.62 bits per heavy atom. The van der Waals surface area contributed by atoms with Crippen LogP contribution < -0.4 is 5.73 Å². The van der Waals surface area contributed by atoms with Gasteiger partial charge in [0.05, 0.1) is 10.9 Å². The molecular formula is C18H21ClN2O2S. The van der Waals surface area contributed by atoms with E-state index in [1.165, 1.54) is 0 Å². The van der Waals surface area contributed by atoms with Gasteiger partial charge in [-0.1, -0.05) is 36.6 Å². The van der Waals surface area contributed by atoms with E-state index in [9.17, 15) is 8.42 Å². The third-order valence-corrected chi connectivity index (χ3v) is 6.62. The highest BCUT2D eigenvalue weighted by Crippen LogP contribution is 2.35. The Hall–Kier alpha value is -1.56. The second kappa shape index (κ2) is 7.13. The molecule has 1 heterocycles. The molecule has 1 aliphatic heterocycles. The van der Waals surface area contributed by atoms with Gasteiger partial charge < -0.3 is 5.73 Å². The third kappa shape index (κ3) is 3.58. The zero-order valence-electron chi connectivity index (χ0n) is 13.4. The second-order valence-corrected chi connectivity index (χ2v) is 8.43. The summed E-state index contributed by atoms with van der Waals surface area (Å²) in [4.78, 5) is 0.289. The first-order valence-electron chi connectivity index (χ1n) is 8.11. The van der Waals surface area contributed by atoms with Crippen LogP contribution in [0.2, 0.25) is 5.02 Å². The van der Waals surface area contributed by atoms with Gasteiger partial charge in [-0.15, -0.1) is 0 Å². The Kier molecular flexibility index (Phi) is 5.13. The predicted octanol–water partition coefficient (Wildman–Crippen LogP) is 4.23. The van der Waals surface area contributed by atoms with E-state index >= 15 is 0 Å². The third-order valence-electron chi connectivity index (χ3n) is 4.45. The van der Waals surface area contributed by atoms with Crippen LogP contribution in [0.4, 0.5) is 5.69 Å². The molecule has 24 heavy (non-hydrogen) atoms. The summed E-state index contributed by atoms with van der Waals surface area (Å²) in [5.41, 5.74) is 7.23. The highest BCUT2D eigenvalue weighted by molar-refractivity contribution is 7.89. The van der Waals surface area contributed by atoms with E-state index in [2.05, 4.69) is 0 Å². The highest BCUT2D eigenvalue weighted by Gasteiger charge is 2.33. The molecule has 2 N–H and O–H groups in total. The first kappa shape index (κ1) is 17.3. The first-order chi connectivity index (χ1) is 11.5. The maximum absolute atomic E-state index is 13.2. The molecule has 1 fully saturated rings. The molecule has 2 aromatic rings. The summed E-state index contributed by atoms with van der Waals surface area (Å²) in [6, 6.07) is 13.7. The van der Waals surface area contributed by atoms with Gasteiger partial charge in [0.1, 0.15) is 0 Å². The van der Waals surface area contributed by atoms with E-state index in [1.807, 2.05) is 24.3 Å². The summed E-state index contributed by atoms with van der Waals surface area (Å²) in [6.45, 7) is 0.528. The normalized spacial score (nSPS) is 19.8. The fraction of sp³-hybridized carbons (Fsp3) is 0.333. The van der Waals surface area contributed by atoms with Crippen molar-refractivity contribution in [3.05, 3.63) is 59.1 Å². The van der Waals surface area contributed by atoms with Crippen molar-refractivity contribution in [2.45, 2.75) is 36.6 Å². The van der Waals surface area contributed by atoms with Crippen molar-refractivity contribution in [3.63, 3.8) is 0 Å². The number of benzene rings is 2. The zero-order valence-corrected chi connectivity index (χ0v) is 14.9. The van der Waals surface area contributed by atoms with Gasteiger partial charge in [-0.05, 0) is 54.8 Å². The first-order valence-corrected chi connectivity index (χ1v) is 9.93. The van der Waals surface area contributed by atoms with Crippen molar-refractivity contribution < 1.29 is 8.42 Å². The van der Waals surface area contributed by atoms with Crippen LogP contribution in [0.3, 0.4) is 0 Å². The second-order valence-electron chi connectivity index (χ2n) is 6.10. The lowest BCUT2D eigenvalue weighted by molar-refractivity contribution is 0.329. The van der Waals surface area contributed by atoms with Gasteiger partial charge >= 0.3 is 0 Å². The number of rotatable bonds is 3. The van der Waals surface area contributed by atoms with E-state index in [1.54, 1.807) is 28.6 Å². The number of hydrogen-bond acceptors (Lipinski definition) is 3. The minimum absolute atomic E-state index is 0.160. The Balaban J connectivity index is 2.00. The summed E-state index contributed by atoms with van der Waals surface area (Å²) in [7, 11) is -3.56. The SMILES string of the molecule is Nc1ccc(S(=O)(=O)N2CCCCCC2c2ccc(Cl)cc2)cc1. The number of nitrogen functional groups attached to an aromatic ring is 1. The molecule has 3 rings (SSSR count). The lowest BCUT2D eigenvalue weighted by atomic mass is 10.0. The maximum Gasteiger partial charge on any atom is 0.243 e. The minimum Gasteiger partial charge on any atom is -0.399 e. The van der Waals surface area contributed by atoms with Gasteiger partial charge in [-0.3, -0.25) is 0 Å². The topological polar surface area (TPSA) is 63.4 Å². The molecule has 0 aromatic heterocycles. The van der Waals surface area contributed by atoms with Crippen LogP contribution in [0.5, 0.6) is 0 Å². The summed E-state index contributed by atoms with van der Waals surface area (Å²) < 4.78 is 28.0. The lowest BCUT2D eigenvalue weighted by Crippen LogP contribution is -2.34. The molecule has 6 heteroatoms. The number of nitrogens with two attached hydrogens (primary N) is 1. The van der Waals surface area contributed by atoms with Crippen molar-refractivity contribution in [1.29, 1.82) is 0 Å². The number of nitrogens with zero attached hydrogens (tertiary/aromatic N) is 1. The summed E-state index contributed by atoms with van der Waals surface area (Å²) >= 11 is 5.98. The molecule has 1 unspecified atom stereocenters. The van der Waals surface area contributed by atoms with Crippen molar-refractivity contribution in [1.82, 2.24) is 4.31 Å². The van der Waals surface area contributed by atoms with Gasteiger partial charge in [0.2, 0.25) is 10.0 Å². The highest BCUT2D eigenvalue weighted by atomic mass is 35.5. The van der Waals surface area contributed by atoms with Gasteiger partial charge in [0.15, 0.2) is 0 Å². The van der Waals surface area contributed by atoms with Crippen molar-refractivity contribution >= 4 is 27.3 Å². The van der Waals surface area contributed by atoms with Crippen LogP contribution in [0.15, 0.2) is 53.4 Å². The average Bonchev–Trinajstić information content (AvgIpc) is 2.82. The molecule has 1 aliphatic rings. The van der Waals surface area contributed by atoms with Gasteiger partial charge in [-0.2, -0.15) is 4.31 Å². The minimum atomic E-state index is -3.56. The van der Waals surface area contributed by atoms with Crippen LogP contribution in [0, 0.1) is 0 Å². The summed E-state index contributed by atoms with van der Waals surface area (Å²) in [5.74, 6) is 0. The van der Waals surface area contributed by atoms with Crippen LogP contribution in [-0.2, 0) is 10.0 Å². The van der Waals surface area contributed by atoms with Crippen LogP contribution in [0.1, 0.15) is 37.3 Å². The fourth-order valence-electron chi connectivity index (χ4n) is 3.16. The Morgan fingerprint density at radius 3 is 2.29 bits per heavy atom. The van der Waals surface area contributed by atoms with Gasteiger partial charge in [0.25, 0.3) is 0 Å². The maximum atomic E-state index is 13.2. The van der Waals surface area contributed by atoms with Crippen LogP contribution in [-0.4, -0.2) is 19.3 Å². The quantitative estimate of drug-likeness (QED) is 0.829. The molecular weight excluding hydrogens is 344 g/mol. The smallest absolute Gasteiger partial charge is 0.243 e. The molecule has 2 aromatic carbocycles. The molecule has 128 valence electrons. The molecule has 0 radical (unpaired) electrons. The predicted molar refractivity (Wildman–Crippen MR) is 97.4 cm³/mol. The molecule has 0 amide bonds. The van der Waals surface area contributed by atoms with E-state index < -0.39 is 10.0 Å². The van der Waals surface area contributed by atoms with Crippen molar-refractivity contribution in [2.24, 2.45) is 0 Å². The largest absolute Gasteiger partial charge is 0.399 e. The lowest BCUT2D eigenvalue weighted by Gasteiger charge is -2.29. The van der Waals surface area contributed by atoms with E-state index in [4.69, 9.17) is 17.3 Å². The molecule has 0 saturated carbocycles. The van der Waals surface area contributed by atoms with Gasteiger partial charge in [0, 0.05) is 17.3 Å². The fourth-order valence-corrected chi connectivity index (χ4v) is 4.97. The molecule has 0 bridgehead atoms. The Labute approximate surface area is 148 Å². The summed E-state index contributed by atoms with van der Waals surface area (Å²) in [5, 5.41) is 0.653. The molecule has 0 spiro atoms. The van der Waals surface area contributed by atoms with Crippen LogP contribution >= 0.6 is 11.6 Å². The average molecular weight is 365 g/mol. The number of hydrogen-bond donors (Lipinski definition) is 1. The molecule has 4 nitrogen and oxygen atoms in total. The van der Waals surface area contributed by atoms with Crippen molar-refractivity contribution in [3.8, 4) is 0 Å².